The number of rotatable bonds is 9. The number of aromatic nitrogens is 3. The summed E-state index contributed by atoms with van der Waals surface area (Å²) in [5.41, 5.74) is -0.878. The van der Waals surface area contributed by atoms with Gasteiger partial charge in [-0.15, -0.1) is 0 Å². The number of piperidine rings is 1. The van der Waals surface area contributed by atoms with Crippen molar-refractivity contribution in [3.8, 4) is 23.0 Å². The number of aromatic hydroxyl groups is 1. The van der Waals surface area contributed by atoms with Crippen LogP contribution in [0.4, 0.5) is 14.6 Å². The van der Waals surface area contributed by atoms with Crippen LogP contribution in [0.25, 0.3) is 32.9 Å². The number of pyridine rings is 1. The van der Waals surface area contributed by atoms with Crippen molar-refractivity contribution in [1.82, 2.24) is 24.6 Å². The molecule has 2 aromatic heterocycles. The van der Waals surface area contributed by atoms with E-state index in [2.05, 4.69) is 19.6 Å². The normalized spacial score (nSPS) is 27.9. The Kier molecular flexibility index (Phi) is 9.69. The topological polar surface area (TPSA) is 150 Å². The molecule has 4 fully saturated rings. The summed E-state index contributed by atoms with van der Waals surface area (Å²) in [7, 11) is -3.27. The fraction of sp³-hybridized carbons (Fsp3) is 0.564. The Bertz CT molecular complexity index is 2200. The quantitative estimate of drug-likeness (QED) is 0.210. The van der Waals surface area contributed by atoms with Gasteiger partial charge in [0.25, 0.3) is 0 Å². The standard InChI is InChI=1S/C39H48F2N6O6S/c1-4-27-30(40)9-8-23-15-26(48)18-28(32(23)27)34-33(41)35-29(19-42-34)36(46-13-14-52-21-38(2,49)20-46)44-37(43-35)53-22-39-10-5-7-31(39)47(12-6-11-39)25-16-24(17-25)45-54(3,50)51/h8-9,15,18-19,24-25,31,45,48-49H,4-7,10-14,16-17,20-22H2,1-3H3/t24?,25?,31-,38+,39-/m1/s1. The van der Waals surface area contributed by atoms with Crippen molar-refractivity contribution < 1.29 is 36.9 Å². The number of sulfonamides is 1. The zero-order chi connectivity index (χ0) is 38.0. The number of aryl methyl sites for hydroxylation is 1. The SMILES string of the molecule is CCc1c(F)ccc2cc(O)cc(-c3ncc4c(N5CCOC[C@@](C)(O)C5)nc(OC[C@]56CCC[C@H]5N(C5CC(NS(C)(=O)=O)C5)CCC6)nc4c3F)c12. The van der Waals surface area contributed by atoms with E-state index in [0.717, 1.165) is 51.5 Å². The summed E-state index contributed by atoms with van der Waals surface area (Å²) in [6, 6.07) is 6.33. The number of hydrogen-bond donors (Lipinski definition) is 3. The third kappa shape index (κ3) is 6.97. The van der Waals surface area contributed by atoms with Crippen LogP contribution in [0, 0.1) is 17.0 Å². The predicted molar refractivity (Wildman–Crippen MR) is 201 cm³/mol. The summed E-state index contributed by atoms with van der Waals surface area (Å²) < 4.78 is 70.8. The molecule has 0 bridgehead atoms. The number of benzene rings is 2. The second-order valence-corrected chi connectivity index (χ2v) is 17.8. The number of anilines is 1. The summed E-state index contributed by atoms with van der Waals surface area (Å²) in [6.07, 6.45) is 9.54. The number of β-amino-alcohol motifs (C(OH)–C–C–N with tert-alkyl or cyclic N) is 1. The van der Waals surface area contributed by atoms with Crippen molar-refractivity contribution in [2.45, 2.75) is 88.9 Å². The van der Waals surface area contributed by atoms with Crippen LogP contribution in [-0.4, -0.2) is 108 Å². The van der Waals surface area contributed by atoms with Gasteiger partial charge in [0.05, 0.1) is 38.0 Å². The number of aliphatic hydroxyl groups is 1. The minimum absolute atomic E-state index is 0.00220. The van der Waals surface area contributed by atoms with Gasteiger partial charge in [-0.25, -0.2) is 21.9 Å². The Hall–Kier alpha value is -3.76. The molecule has 3 atom stereocenters. The Morgan fingerprint density at radius 2 is 1.93 bits per heavy atom. The maximum Gasteiger partial charge on any atom is 0.319 e. The molecule has 2 aliphatic carbocycles. The molecule has 3 N–H and O–H groups in total. The number of likely N-dealkylation sites (tertiary alicyclic amines) is 1. The summed E-state index contributed by atoms with van der Waals surface area (Å²) in [5.74, 6) is -0.950. The molecule has 54 heavy (non-hydrogen) atoms. The van der Waals surface area contributed by atoms with Gasteiger partial charge in [0.1, 0.15) is 34.2 Å². The van der Waals surface area contributed by atoms with E-state index >= 15 is 8.78 Å². The number of halogens is 2. The Morgan fingerprint density at radius 1 is 1.13 bits per heavy atom. The van der Waals surface area contributed by atoms with E-state index in [-0.39, 0.29) is 59.2 Å². The lowest BCUT2D eigenvalue weighted by atomic mass is 9.73. The third-order valence-electron chi connectivity index (χ3n) is 12.0. The van der Waals surface area contributed by atoms with Crippen LogP contribution in [0.2, 0.25) is 0 Å². The van der Waals surface area contributed by atoms with E-state index in [9.17, 15) is 18.6 Å². The summed E-state index contributed by atoms with van der Waals surface area (Å²) in [6.45, 7) is 5.75. The second-order valence-electron chi connectivity index (χ2n) is 16.1. The van der Waals surface area contributed by atoms with Crippen LogP contribution in [-0.2, 0) is 21.2 Å². The monoisotopic (exact) mass is 766 g/mol. The number of phenolic OH excluding ortho intramolecular Hbond substituents is 1. The Balaban J connectivity index is 1.17. The van der Waals surface area contributed by atoms with Crippen LogP contribution in [0.3, 0.4) is 0 Å². The zero-order valence-electron chi connectivity index (χ0n) is 30.9. The Morgan fingerprint density at radius 3 is 2.70 bits per heavy atom. The molecule has 12 nitrogen and oxygen atoms in total. The first-order valence-electron chi connectivity index (χ1n) is 19.0. The molecule has 4 aromatic rings. The number of fused-ring (bicyclic) bond motifs is 3. The maximum absolute atomic E-state index is 17.1. The smallest absolute Gasteiger partial charge is 0.319 e. The van der Waals surface area contributed by atoms with Gasteiger partial charge in [-0.2, -0.15) is 9.97 Å². The number of ether oxygens (including phenoxy) is 2. The lowest BCUT2D eigenvalue weighted by molar-refractivity contribution is -0.0452. The fourth-order valence-electron chi connectivity index (χ4n) is 9.57. The van der Waals surface area contributed by atoms with Crippen molar-refractivity contribution in [2.75, 3.05) is 50.6 Å². The third-order valence-corrected chi connectivity index (χ3v) is 12.7. The lowest BCUT2D eigenvalue weighted by Gasteiger charge is -2.53. The van der Waals surface area contributed by atoms with Gasteiger partial charge in [0, 0.05) is 41.8 Å². The minimum atomic E-state index is -3.27. The maximum atomic E-state index is 17.1. The van der Waals surface area contributed by atoms with Crippen LogP contribution >= 0.6 is 0 Å². The molecule has 15 heteroatoms. The molecule has 2 saturated carbocycles. The largest absolute Gasteiger partial charge is 0.508 e. The van der Waals surface area contributed by atoms with Gasteiger partial charge in [-0.3, -0.25) is 9.88 Å². The highest BCUT2D eigenvalue weighted by atomic mass is 32.2. The van der Waals surface area contributed by atoms with Crippen molar-refractivity contribution >= 4 is 37.5 Å². The van der Waals surface area contributed by atoms with Gasteiger partial charge in [0.2, 0.25) is 10.0 Å². The molecule has 8 rings (SSSR count). The number of nitrogens with one attached hydrogen (secondary N) is 1. The van der Waals surface area contributed by atoms with Gasteiger partial charge < -0.3 is 24.6 Å². The number of hydrogen-bond acceptors (Lipinski definition) is 11. The highest BCUT2D eigenvalue weighted by Gasteiger charge is 2.52. The molecular weight excluding hydrogens is 719 g/mol. The van der Waals surface area contributed by atoms with Crippen molar-refractivity contribution in [3.05, 3.63) is 47.7 Å². The molecule has 290 valence electrons. The van der Waals surface area contributed by atoms with Crippen LogP contribution in [0.1, 0.15) is 64.4 Å². The number of nitrogens with zero attached hydrogens (tertiary/aromatic N) is 5. The van der Waals surface area contributed by atoms with E-state index in [4.69, 9.17) is 14.5 Å². The Labute approximate surface area is 313 Å². The first-order chi connectivity index (χ1) is 25.7. The van der Waals surface area contributed by atoms with Gasteiger partial charge in [0.15, 0.2) is 5.82 Å². The van der Waals surface area contributed by atoms with E-state index in [0.29, 0.717) is 59.8 Å². The highest BCUT2D eigenvalue weighted by Crippen LogP contribution is 2.50. The molecule has 0 amide bonds. The first kappa shape index (κ1) is 37.2. The zero-order valence-corrected chi connectivity index (χ0v) is 31.8. The molecule has 4 aliphatic rings. The van der Waals surface area contributed by atoms with Gasteiger partial charge in [-0.1, -0.05) is 19.4 Å². The minimum Gasteiger partial charge on any atom is -0.508 e. The molecule has 4 heterocycles. The molecular formula is C39H48F2N6O6S. The average molecular weight is 767 g/mol. The van der Waals surface area contributed by atoms with E-state index in [1.165, 1.54) is 30.7 Å². The van der Waals surface area contributed by atoms with Crippen molar-refractivity contribution in [3.63, 3.8) is 0 Å². The van der Waals surface area contributed by atoms with E-state index in [1.807, 2.05) is 11.8 Å². The van der Waals surface area contributed by atoms with Crippen LogP contribution < -0.4 is 14.4 Å². The molecule has 2 aromatic carbocycles. The molecule has 2 saturated heterocycles. The predicted octanol–water partition coefficient (Wildman–Crippen LogP) is 5.07. The van der Waals surface area contributed by atoms with Crippen LogP contribution in [0.5, 0.6) is 11.8 Å². The number of phenols is 1. The van der Waals surface area contributed by atoms with Gasteiger partial charge >= 0.3 is 6.01 Å². The summed E-state index contributed by atoms with van der Waals surface area (Å²) in [5, 5.41) is 23.1. The van der Waals surface area contributed by atoms with E-state index in [1.54, 1.807) is 13.0 Å². The second kappa shape index (κ2) is 14.1. The van der Waals surface area contributed by atoms with Crippen molar-refractivity contribution in [2.24, 2.45) is 5.41 Å². The fourth-order valence-corrected chi connectivity index (χ4v) is 10.4. The molecule has 0 spiro atoms. The molecule has 0 unspecified atom stereocenters. The molecule has 0 radical (unpaired) electrons. The van der Waals surface area contributed by atoms with Crippen molar-refractivity contribution in [1.29, 1.82) is 0 Å². The summed E-state index contributed by atoms with van der Waals surface area (Å²) in [4.78, 5) is 18.5. The van der Waals surface area contributed by atoms with E-state index < -0.39 is 27.3 Å². The van der Waals surface area contributed by atoms with Gasteiger partial charge in [-0.05, 0) is 92.9 Å². The highest BCUT2D eigenvalue weighted by molar-refractivity contribution is 7.88. The summed E-state index contributed by atoms with van der Waals surface area (Å²) >= 11 is 0. The average Bonchev–Trinajstić information content (AvgIpc) is 3.45. The lowest BCUT2D eigenvalue weighted by Crippen LogP contribution is -2.61. The molecule has 2 aliphatic heterocycles. The van der Waals surface area contributed by atoms with Crippen LogP contribution in [0.15, 0.2) is 30.5 Å². The first-order valence-corrected chi connectivity index (χ1v) is 20.8.